The Morgan fingerprint density at radius 1 is 1.16 bits per heavy atom. The van der Waals surface area contributed by atoms with Crippen molar-refractivity contribution in [3.8, 4) is 5.82 Å². The summed E-state index contributed by atoms with van der Waals surface area (Å²) < 4.78 is 2.11. The number of carbonyl (C=O) groups is 1. The largest absolute Gasteiger partial charge is 0.326 e. The van der Waals surface area contributed by atoms with Gasteiger partial charge in [0.1, 0.15) is 5.82 Å². The van der Waals surface area contributed by atoms with Crippen molar-refractivity contribution in [2.45, 2.75) is 20.8 Å². The number of carbonyl (C=O) groups excluding carboxylic acids is 1. The van der Waals surface area contributed by atoms with Crippen LogP contribution in [0.3, 0.4) is 0 Å². The lowest BCUT2D eigenvalue weighted by Gasteiger charge is -2.07. The monoisotopic (exact) mass is 332 g/mol. The average Bonchev–Trinajstić information content (AvgIpc) is 2.88. The SMILES string of the molecule is CC(=O)Nc1ccc(N=Cc2cc(C)n(-c3ccccn3)c2C)cc1. The van der Waals surface area contributed by atoms with E-state index in [1.165, 1.54) is 6.92 Å². The van der Waals surface area contributed by atoms with Crippen molar-refractivity contribution >= 4 is 23.5 Å². The fourth-order valence-corrected chi connectivity index (χ4v) is 2.74. The number of pyridine rings is 1. The number of benzene rings is 1. The molecule has 3 rings (SSSR count). The normalized spacial score (nSPS) is 11.0. The van der Waals surface area contributed by atoms with Gasteiger partial charge >= 0.3 is 0 Å². The number of rotatable bonds is 4. The van der Waals surface area contributed by atoms with Gasteiger partial charge in [0.15, 0.2) is 0 Å². The van der Waals surface area contributed by atoms with E-state index in [0.717, 1.165) is 34.1 Å². The Hall–Kier alpha value is -3.21. The molecule has 0 aliphatic heterocycles. The van der Waals surface area contributed by atoms with Crippen LogP contribution in [0.5, 0.6) is 0 Å². The lowest BCUT2D eigenvalue weighted by atomic mass is 10.2. The van der Waals surface area contributed by atoms with Crippen LogP contribution in [0.25, 0.3) is 5.82 Å². The molecule has 0 aliphatic carbocycles. The number of aryl methyl sites for hydroxylation is 1. The van der Waals surface area contributed by atoms with Gasteiger partial charge in [-0.3, -0.25) is 9.79 Å². The molecule has 1 amide bonds. The second kappa shape index (κ2) is 7.13. The molecule has 1 N–H and O–H groups in total. The minimum absolute atomic E-state index is 0.0850. The molecule has 0 bridgehead atoms. The molecule has 0 fully saturated rings. The number of aliphatic imine (C=N–C) groups is 1. The molecule has 0 unspecified atom stereocenters. The van der Waals surface area contributed by atoms with Crippen molar-refractivity contribution in [1.29, 1.82) is 0 Å². The molecule has 126 valence electrons. The minimum Gasteiger partial charge on any atom is -0.326 e. The summed E-state index contributed by atoms with van der Waals surface area (Å²) in [4.78, 5) is 20.0. The lowest BCUT2D eigenvalue weighted by molar-refractivity contribution is -0.114. The second-order valence-electron chi connectivity index (χ2n) is 5.84. The van der Waals surface area contributed by atoms with Crippen molar-refractivity contribution in [2.75, 3.05) is 5.32 Å². The fourth-order valence-electron chi connectivity index (χ4n) is 2.74. The summed E-state index contributed by atoms with van der Waals surface area (Å²) >= 11 is 0. The maximum atomic E-state index is 11.0. The highest BCUT2D eigenvalue weighted by molar-refractivity contribution is 5.89. The Labute approximate surface area is 147 Å². The molecule has 3 aromatic rings. The van der Waals surface area contributed by atoms with Crippen molar-refractivity contribution < 1.29 is 4.79 Å². The van der Waals surface area contributed by atoms with E-state index >= 15 is 0 Å². The smallest absolute Gasteiger partial charge is 0.221 e. The van der Waals surface area contributed by atoms with E-state index in [1.807, 2.05) is 48.7 Å². The first-order valence-electron chi connectivity index (χ1n) is 8.06. The van der Waals surface area contributed by atoms with Crippen LogP contribution in [0.1, 0.15) is 23.9 Å². The fraction of sp³-hybridized carbons (Fsp3) is 0.150. The van der Waals surface area contributed by atoms with E-state index in [1.54, 1.807) is 6.20 Å². The Balaban J connectivity index is 1.84. The molecule has 0 spiro atoms. The summed E-state index contributed by atoms with van der Waals surface area (Å²) in [7, 11) is 0. The molecule has 2 aromatic heterocycles. The van der Waals surface area contributed by atoms with Crippen molar-refractivity contribution in [1.82, 2.24) is 9.55 Å². The lowest BCUT2D eigenvalue weighted by Crippen LogP contribution is -2.04. The van der Waals surface area contributed by atoms with Crippen molar-refractivity contribution in [3.63, 3.8) is 0 Å². The first-order chi connectivity index (χ1) is 12.0. The number of nitrogens with one attached hydrogen (secondary N) is 1. The molecule has 5 nitrogen and oxygen atoms in total. The second-order valence-corrected chi connectivity index (χ2v) is 5.84. The molecule has 2 heterocycles. The van der Waals surface area contributed by atoms with Crippen LogP contribution >= 0.6 is 0 Å². The van der Waals surface area contributed by atoms with Crippen LogP contribution in [0, 0.1) is 13.8 Å². The Bertz CT molecular complexity index is 909. The first kappa shape index (κ1) is 16.6. The van der Waals surface area contributed by atoms with Gasteiger partial charge in [0.25, 0.3) is 0 Å². The third kappa shape index (κ3) is 3.83. The third-order valence-corrected chi connectivity index (χ3v) is 3.89. The number of hydrogen-bond donors (Lipinski definition) is 1. The van der Waals surface area contributed by atoms with Crippen LogP contribution in [0.4, 0.5) is 11.4 Å². The van der Waals surface area contributed by atoms with E-state index in [2.05, 4.69) is 39.8 Å². The van der Waals surface area contributed by atoms with Crippen LogP contribution in [-0.2, 0) is 4.79 Å². The van der Waals surface area contributed by atoms with Crippen molar-refractivity contribution in [2.24, 2.45) is 4.99 Å². The maximum Gasteiger partial charge on any atom is 0.221 e. The van der Waals surface area contributed by atoms with Gasteiger partial charge in [-0.1, -0.05) is 6.07 Å². The molecule has 25 heavy (non-hydrogen) atoms. The molecular weight excluding hydrogens is 312 g/mol. The highest BCUT2D eigenvalue weighted by Gasteiger charge is 2.09. The highest BCUT2D eigenvalue weighted by atomic mass is 16.1. The number of amides is 1. The standard InChI is InChI=1S/C20H20N4O/c1-14-12-17(15(2)24(14)20-6-4-5-11-21-20)13-22-18-7-9-19(10-8-18)23-16(3)25/h4-13H,1-3H3,(H,23,25). The number of anilines is 1. The molecular formula is C20H20N4O. The van der Waals surface area contributed by atoms with Gasteiger partial charge in [-0.05, 0) is 56.3 Å². The van der Waals surface area contributed by atoms with E-state index in [4.69, 9.17) is 0 Å². The minimum atomic E-state index is -0.0850. The molecule has 0 atom stereocenters. The van der Waals surface area contributed by atoms with Crippen LogP contribution < -0.4 is 5.32 Å². The highest BCUT2D eigenvalue weighted by Crippen LogP contribution is 2.20. The predicted octanol–water partition coefficient (Wildman–Crippen LogP) is 4.20. The van der Waals surface area contributed by atoms with E-state index in [9.17, 15) is 4.79 Å². The predicted molar refractivity (Wildman–Crippen MR) is 101 cm³/mol. The zero-order valence-electron chi connectivity index (χ0n) is 14.5. The average molecular weight is 332 g/mol. The molecule has 0 aliphatic rings. The maximum absolute atomic E-state index is 11.0. The van der Waals surface area contributed by atoms with Gasteiger partial charge in [0.2, 0.25) is 5.91 Å². The quantitative estimate of drug-likeness (QED) is 0.728. The molecule has 0 saturated carbocycles. The van der Waals surface area contributed by atoms with Crippen molar-refractivity contribution in [3.05, 3.63) is 71.7 Å². The van der Waals surface area contributed by atoms with Gasteiger partial charge < -0.3 is 9.88 Å². The zero-order chi connectivity index (χ0) is 17.8. The number of nitrogens with zero attached hydrogens (tertiary/aromatic N) is 3. The summed E-state index contributed by atoms with van der Waals surface area (Å²) in [6, 6.07) is 15.4. The number of hydrogen-bond acceptors (Lipinski definition) is 3. The molecule has 0 saturated heterocycles. The van der Waals surface area contributed by atoms with Gasteiger partial charge in [-0.2, -0.15) is 0 Å². The number of aromatic nitrogens is 2. The zero-order valence-corrected chi connectivity index (χ0v) is 14.5. The molecule has 5 heteroatoms. The third-order valence-electron chi connectivity index (χ3n) is 3.89. The summed E-state index contributed by atoms with van der Waals surface area (Å²) in [5.41, 5.74) is 4.85. The van der Waals surface area contributed by atoms with E-state index in [0.29, 0.717) is 0 Å². The van der Waals surface area contributed by atoms with E-state index in [-0.39, 0.29) is 5.91 Å². The first-order valence-corrected chi connectivity index (χ1v) is 8.06. The summed E-state index contributed by atoms with van der Waals surface area (Å²) in [6.07, 6.45) is 3.65. The van der Waals surface area contributed by atoms with Gasteiger partial charge in [-0.15, -0.1) is 0 Å². The van der Waals surface area contributed by atoms with Gasteiger partial charge in [0, 0.05) is 42.0 Å². The Morgan fingerprint density at radius 3 is 2.56 bits per heavy atom. The van der Waals surface area contributed by atoms with Crippen LogP contribution in [-0.4, -0.2) is 21.7 Å². The van der Waals surface area contributed by atoms with E-state index < -0.39 is 0 Å². The van der Waals surface area contributed by atoms with Crippen LogP contribution in [0.15, 0.2) is 59.7 Å². The summed E-state index contributed by atoms with van der Waals surface area (Å²) in [5.74, 6) is 0.815. The summed E-state index contributed by atoms with van der Waals surface area (Å²) in [6.45, 7) is 5.60. The molecule has 1 aromatic carbocycles. The van der Waals surface area contributed by atoms with Crippen LogP contribution in [0.2, 0.25) is 0 Å². The Morgan fingerprint density at radius 2 is 1.92 bits per heavy atom. The summed E-state index contributed by atoms with van der Waals surface area (Å²) in [5, 5.41) is 2.74. The van der Waals surface area contributed by atoms with Gasteiger partial charge in [0.05, 0.1) is 5.69 Å². The molecule has 0 radical (unpaired) electrons. The Kier molecular flexibility index (Phi) is 4.75. The van der Waals surface area contributed by atoms with Gasteiger partial charge in [-0.25, -0.2) is 4.98 Å². The topological polar surface area (TPSA) is 59.3 Å².